The van der Waals surface area contributed by atoms with E-state index >= 15 is 0 Å². The molecule has 0 fully saturated rings. The molecule has 0 aliphatic carbocycles. The zero-order chi connectivity index (χ0) is 20.8. The highest BCUT2D eigenvalue weighted by atomic mass is 32.1. The van der Waals surface area contributed by atoms with Gasteiger partial charge in [0.25, 0.3) is 11.8 Å². The minimum atomic E-state index is -0.319. The Balaban J connectivity index is 1.32. The number of anilines is 2. The van der Waals surface area contributed by atoms with Gasteiger partial charge in [-0.2, -0.15) is 4.98 Å². The first-order valence-electron chi connectivity index (χ1n) is 9.44. The van der Waals surface area contributed by atoms with E-state index in [0.29, 0.717) is 38.8 Å². The predicted octanol–water partition coefficient (Wildman–Crippen LogP) is 4.34. The summed E-state index contributed by atoms with van der Waals surface area (Å²) in [7, 11) is 0. The lowest BCUT2D eigenvalue weighted by Crippen LogP contribution is -2.29. The molecule has 0 saturated heterocycles. The highest BCUT2D eigenvalue weighted by Crippen LogP contribution is 2.29. The van der Waals surface area contributed by atoms with Gasteiger partial charge in [0, 0.05) is 0 Å². The largest absolute Gasteiger partial charge is 0.423 e. The molecule has 1 N–H and O–H groups in total. The Morgan fingerprint density at radius 1 is 1.07 bits per heavy atom. The number of carbonyl (C=O) groups is 2. The number of hydrogen-bond acceptors (Lipinski definition) is 8. The summed E-state index contributed by atoms with van der Waals surface area (Å²) in [6.07, 6.45) is 0. The lowest BCUT2D eigenvalue weighted by molar-refractivity contribution is 0.0642. The number of fused-ring (bicyclic) bond motifs is 2. The maximum Gasteiger partial charge on any atom is 0.302 e. The van der Waals surface area contributed by atoms with E-state index < -0.39 is 0 Å². The first-order chi connectivity index (χ1) is 14.5. The fraction of sp³-hybridized carbons (Fsp3) is 0.190. The summed E-state index contributed by atoms with van der Waals surface area (Å²) in [6.45, 7) is 4.31. The molecule has 150 valence electrons. The van der Waals surface area contributed by atoms with Crippen molar-refractivity contribution in [2.75, 3.05) is 5.32 Å². The third-order valence-corrected chi connectivity index (χ3v) is 5.75. The van der Waals surface area contributed by atoms with Crippen LogP contribution in [0.5, 0.6) is 0 Å². The van der Waals surface area contributed by atoms with Gasteiger partial charge in [0.15, 0.2) is 5.58 Å². The molecule has 0 saturated carbocycles. The molecule has 2 aromatic heterocycles. The zero-order valence-electron chi connectivity index (χ0n) is 16.2. The molecular weight excluding hydrogens is 402 g/mol. The van der Waals surface area contributed by atoms with Crippen LogP contribution in [0.1, 0.15) is 51.1 Å². The van der Waals surface area contributed by atoms with Gasteiger partial charge in [-0.15, -0.1) is 10.2 Å². The number of amides is 2. The number of rotatable bonds is 5. The molecule has 5 rings (SSSR count). The van der Waals surface area contributed by atoms with Crippen LogP contribution in [0.4, 0.5) is 11.1 Å². The molecular formula is C21H17N5O3S. The second-order valence-corrected chi connectivity index (χ2v) is 8.33. The molecule has 4 aromatic rings. The van der Waals surface area contributed by atoms with Crippen molar-refractivity contribution >= 4 is 45.4 Å². The Morgan fingerprint density at radius 2 is 1.80 bits per heavy atom. The average Bonchev–Trinajstić information content (AvgIpc) is 3.41. The summed E-state index contributed by atoms with van der Waals surface area (Å²) in [5.41, 5.74) is 3.45. The van der Waals surface area contributed by atoms with Crippen molar-refractivity contribution in [1.29, 1.82) is 0 Å². The molecule has 0 atom stereocenters. The van der Waals surface area contributed by atoms with E-state index in [1.165, 1.54) is 21.8 Å². The molecule has 2 amide bonds. The van der Waals surface area contributed by atoms with Crippen molar-refractivity contribution < 1.29 is 14.0 Å². The monoisotopic (exact) mass is 419 g/mol. The fourth-order valence-electron chi connectivity index (χ4n) is 3.33. The topological polar surface area (TPSA) is 101 Å². The molecule has 1 aliphatic rings. The molecule has 0 spiro atoms. The van der Waals surface area contributed by atoms with Crippen LogP contribution in [0.2, 0.25) is 0 Å². The van der Waals surface area contributed by atoms with Crippen LogP contribution in [0.3, 0.4) is 0 Å². The Labute approximate surface area is 175 Å². The SMILES string of the molecule is CC(C)c1ccc2oc(Nc3nnc(CN4C(=O)c5ccccc5C4=O)s3)nc2c1. The van der Waals surface area contributed by atoms with Gasteiger partial charge in [0.1, 0.15) is 10.5 Å². The van der Waals surface area contributed by atoms with Crippen LogP contribution in [0, 0.1) is 0 Å². The number of imide groups is 1. The van der Waals surface area contributed by atoms with Crippen LogP contribution in [-0.4, -0.2) is 31.9 Å². The Bertz CT molecular complexity index is 1260. The van der Waals surface area contributed by atoms with Crippen molar-refractivity contribution in [1.82, 2.24) is 20.1 Å². The van der Waals surface area contributed by atoms with Crippen molar-refractivity contribution in [3.05, 3.63) is 64.2 Å². The van der Waals surface area contributed by atoms with E-state index in [1.807, 2.05) is 18.2 Å². The standard InChI is InChI=1S/C21H17N5O3S/c1-11(2)12-7-8-16-15(9-12)22-20(29-16)23-21-25-24-17(30-21)10-26-18(27)13-5-3-4-6-14(13)19(26)28/h3-9,11H,10H2,1-2H3,(H,22,23,25). The smallest absolute Gasteiger partial charge is 0.302 e. The van der Waals surface area contributed by atoms with Crippen molar-refractivity contribution in [2.45, 2.75) is 26.3 Å². The van der Waals surface area contributed by atoms with Crippen LogP contribution in [0.25, 0.3) is 11.1 Å². The third-order valence-electron chi connectivity index (χ3n) is 4.93. The lowest BCUT2D eigenvalue weighted by Gasteiger charge is -2.10. The van der Waals surface area contributed by atoms with Crippen molar-refractivity contribution in [3.63, 3.8) is 0 Å². The summed E-state index contributed by atoms with van der Waals surface area (Å²) in [6, 6.07) is 13.0. The highest BCUT2D eigenvalue weighted by Gasteiger charge is 2.35. The average molecular weight is 419 g/mol. The van der Waals surface area contributed by atoms with Crippen LogP contribution in [0.15, 0.2) is 46.9 Å². The number of benzene rings is 2. The third kappa shape index (κ3) is 3.13. The number of oxazole rings is 1. The summed E-state index contributed by atoms with van der Waals surface area (Å²) >= 11 is 1.24. The summed E-state index contributed by atoms with van der Waals surface area (Å²) in [4.78, 5) is 30.6. The number of hydrogen-bond donors (Lipinski definition) is 1. The minimum absolute atomic E-state index is 0.0665. The number of aromatic nitrogens is 3. The van der Waals surface area contributed by atoms with E-state index in [2.05, 4.69) is 34.3 Å². The molecule has 3 heterocycles. The molecule has 0 unspecified atom stereocenters. The molecule has 30 heavy (non-hydrogen) atoms. The maximum atomic E-state index is 12.5. The van der Waals surface area contributed by atoms with Crippen molar-refractivity contribution in [3.8, 4) is 0 Å². The van der Waals surface area contributed by atoms with Gasteiger partial charge < -0.3 is 4.42 Å². The van der Waals surface area contributed by atoms with E-state index in [4.69, 9.17) is 4.42 Å². The van der Waals surface area contributed by atoms with Gasteiger partial charge in [-0.25, -0.2) is 0 Å². The minimum Gasteiger partial charge on any atom is -0.423 e. The van der Waals surface area contributed by atoms with Gasteiger partial charge in [0.2, 0.25) is 5.13 Å². The van der Waals surface area contributed by atoms with Crippen LogP contribution < -0.4 is 5.32 Å². The first kappa shape index (κ1) is 18.4. The zero-order valence-corrected chi connectivity index (χ0v) is 17.1. The predicted molar refractivity (Wildman–Crippen MR) is 112 cm³/mol. The first-order valence-corrected chi connectivity index (χ1v) is 10.3. The van der Waals surface area contributed by atoms with Gasteiger partial charge in [-0.05, 0) is 35.7 Å². The van der Waals surface area contributed by atoms with Gasteiger partial charge in [-0.3, -0.25) is 19.8 Å². The lowest BCUT2D eigenvalue weighted by atomic mass is 10.0. The quantitative estimate of drug-likeness (QED) is 0.480. The Kier molecular flexibility index (Phi) is 4.32. The van der Waals surface area contributed by atoms with E-state index in [-0.39, 0.29) is 18.4 Å². The molecule has 8 nitrogen and oxygen atoms in total. The maximum absolute atomic E-state index is 12.5. The number of nitrogens with zero attached hydrogens (tertiary/aromatic N) is 4. The van der Waals surface area contributed by atoms with Crippen LogP contribution in [-0.2, 0) is 6.54 Å². The molecule has 0 bridgehead atoms. The molecule has 0 radical (unpaired) electrons. The van der Waals surface area contributed by atoms with Gasteiger partial charge >= 0.3 is 6.01 Å². The van der Waals surface area contributed by atoms with Gasteiger partial charge in [-0.1, -0.05) is 43.4 Å². The van der Waals surface area contributed by atoms with Gasteiger partial charge in [0.05, 0.1) is 17.7 Å². The van der Waals surface area contributed by atoms with E-state index in [9.17, 15) is 9.59 Å². The van der Waals surface area contributed by atoms with E-state index in [1.54, 1.807) is 24.3 Å². The number of carbonyl (C=O) groups excluding carboxylic acids is 2. The van der Waals surface area contributed by atoms with Crippen molar-refractivity contribution in [2.24, 2.45) is 0 Å². The molecule has 9 heteroatoms. The second kappa shape index (κ2) is 7.03. The fourth-order valence-corrected chi connectivity index (χ4v) is 4.05. The summed E-state index contributed by atoms with van der Waals surface area (Å²) < 4.78 is 5.72. The normalized spacial score (nSPS) is 13.5. The summed E-state index contributed by atoms with van der Waals surface area (Å²) in [5, 5.41) is 12.2. The molecule has 2 aromatic carbocycles. The van der Waals surface area contributed by atoms with Crippen LogP contribution >= 0.6 is 11.3 Å². The number of nitrogens with one attached hydrogen (secondary N) is 1. The second-order valence-electron chi connectivity index (χ2n) is 7.27. The molecule has 1 aliphatic heterocycles. The summed E-state index contributed by atoms with van der Waals surface area (Å²) in [5.74, 6) is -0.240. The Morgan fingerprint density at radius 3 is 2.50 bits per heavy atom. The van der Waals surface area contributed by atoms with E-state index in [0.717, 1.165) is 5.52 Å². The Hall–Kier alpha value is -3.59. The highest BCUT2D eigenvalue weighted by molar-refractivity contribution is 7.15.